The molecule has 178 valence electrons. The molecule has 0 unspecified atom stereocenters. The van der Waals surface area contributed by atoms with E-state index in [-0.39, 0.29) is 37.6 Å². The third-order valence-electron chi connectivity index (χ3n) is 4.97. The summed E-state index contributed by atoms with van der Waals surface area (Å²) >= 11 is 0. The molecule has 0 radical (unpaired) electrons. The zero-order valence-corrected chi connectivity index (χ0v) is 19.4. The molecule has 2 heterocycles. The fraction of sp³-hybridized carbons (Fsp3) is 0.941. The van der Waals surface area contributed by atoms with Crippen LogP contribution in [0.1, 0.15) is 21.2 Å². The van der Waals surface area contributed by atoms with Gasteiger partial charge >= 0.3 is 35.7 Å². The predicted molar refractivity (Wildman–Crippen MR) is 94.9 cm³/mol. The van der Waals surface area contributed by atoms with Gasteiger partial charge in [0, 0.05) is 0 Å². The van der Waals surface area contributed by atoms with Crippen molar-refractivity contribution in [3.63, 3.8) is 0 Å². The van der Waals surface area contributed by atoms with Crippen LogP contribution in [0.3, 0.4) is 0 Å². The van der Waals surface area contributed by atoms with Gasteiger partial charge in [0.2, 0.25) is 5.79 Å². The molecule has 0 amide bonds. The van der Waals surface area contributed by atoms with Crippen molar-refractivity contribution in [3.05, 3.63) is 0 Å². The molecule has 2 aliphatic heterocycles. The van der Waals surface area contributed by atoms with Crippen molar-refractivity contribution in [2.45, 2.75) is 74.6 Å². The van der Waals surface area contributed by atoms with Crippen LogP contribution in [0.15, 0.2) is 0 Å². The minimum Gasteiger partial charge on any atom is -1.00 e. The van der Waals surface area contributed by atoms with Crippen LogP contribution in [0.2, 0.25) is 0 Å². The monoisotopic (exact) mass is 466 g/mol. The minimum absolute atomic E-state index is 0. The molecule has 0 saturated carbocycles. The summed E-state index contributed by atoms with van der Waals surface area (Å²) < 4.78 is 25.5. The van der Waals surface area contributed by atoms with Crippen LogP contribution < -0.4 is 29.6 Å². The quantitative estimate of drug-likeness (QED) is 0.0960. The number of hydrogen-bond acceptors (Lipinski definition) is 13. The van der Waals surface area contributed by atoms with Crippen molar-refractivity contribution in [2.75, 3.05) is 26.4 Å². The number of ether oxygens (including phenoxy) is 5. The Hall–Kier alpha value is -0.130. The Kier molecular flexibility index (Phi) is 12.1. The molecule has 0 aromatic heterocycles. The van der Waals surface area contributed by atoms with Crippen LogP contribution in [0.4, 0.5) is 4.79 Å². The van der Waals surface area contributed by atoms with Gasteiger partial charge in [-0.3, -0.25) is 0 Å². The van der Waals surface area contributed by atoms with E-state index in [4.69, 9.17) is 23.7 Å². The van der Waals surface area contributed by atoms with Gasteiger partial charge in [0.1, 0.15) is 55.9 Å². The maximum Gasteiger partial charge on any atom is 1.00 e. The summed E-state index contributed by atoms with van der Waals surface area (Å²) in [5.41, 5.74) is 0. The van der Waals surface area contributed by atoms with E-state index >= 15 is 0 Å². The van der Waals surface area contributed by atoms with Crippen molar-refractivity contribution < 1.29 is 95.2 Å². The molecule has 2 aliphatic rings. The molecular formula is C17H31NaO13. The van der Waals surface area contributed by atoms with E-state index in [2.05, 4.69) is 0 Å². The summed E-state index contributed by atoms with van der Waals surface area (Å²) in [5, 5.41) is 69.3. The molecule has 9 atom stereocenters. The first-order chi connectivity index (χ1) is 14.2. The molecule has 0 aromatic carbocycles. The molecule has 0 bridgehead atoms. The molecule has 2 rings (SSSR count). The van der Waals surface area contributed by atoms with Crippen molar-refractivity contribution in [2.24, 2.45) is 0 Å². The molecule has 2 saturated heterocycles. The van der Waals surface area contributed by atoms with Gasteiger partial charge in [-0.15, -0.1) is 0 Å². The average Bonchev–Trinajstić information content (AvgIpc) is 2.98. The van der Waals surface area contributed by atoms with Crippen molar-refractivity contribution >= 4 is 6.16 Å². The number of aliphatic hydroxyl groups excluding tert-OH is 7. The van der Waals surface area contributed by atoms with Gasteiger partial charge in [0.25, 0.3) is 0 Å². The zero-order chi connectivity index (χ0) is 22.5. The van der Waals surface area contributed by atoms with E-state index in [1.165, 1.54) is 0 Å². The number of carbonyl (C=O) groups excluding carboxylic acids is 1. The van der Waals surface area contributed by atoms with Crippen LogP contribution in [-0.4, -0.2) is 123 Å². The Labute approximate surface area is 202 Å². The van der Waals surface area contributed by atoms with E-state index < -0.39 is 80.8 Å². The van der Waals surface area contributed by atoms with Crippen LogP contribution in [0.25, 0.3) is 0 Å². The normalized spacial score (nSPS) is 40.3. The Bertz CT molecular complexity index is 561. The van der Waals surface area contributed by atoms with E-state index in [9.17, 15) is 40.5 Å². The Balaban J connectivity index is 0.00000480. The number of unbranched alkanes of at least 4 members (excludes halogenated alkanes) is 1. The second-order valence-electron chi connectivity index (χ2n) is 7.14. The first-order valence-corrected chi connectivity index (χ1v) is 9.63. The Morgan fingerprint density at radius 1 is 1.00 bits per heavy atom. The molecule has 13 nitrogen and oxygen atoms in total. The molecule has 2 fully saturated rings. The maximum atomic E-state index is 11.6. The third kappa shape index (κ3) is 6.69. The Morgan fingerprint density at radius 2 is 1.68 bits per heavy atom. The summed E-state index contributed by atoms with van der Waals surface area (Å²) in [6.45, 7) is -0.223. The minimum atomic E-state index is -2.29. The van der Waals surface area contributed by atoms with E-state index in [0.717, 1.165) is 6.42 Å². The summed E-state index contributed by atoms with van der Waals surface area (Å²) in [7, 11) is 0. The van der Waals surface area contributed by atoms with Gasteiger partial charge in [-0.2, -0.15) is 0 Å². The van der Waals surface area contributed by atoms with E-state index in [1.54, 1.807) is 0 Å². The predicted octanol–water partition coefficient (Wildman–Crippen LogP) is -6.32. The molecular weight excluding hydrogens is 435 g/mol. The van der Waals surface area contributed by atoms with Gasteiger partial charge in [0.15, 0.2) is 6.29 Å². The SMILES string of the molecule is CCCCOC(=O)OC[C@H]1O[C@H](O[C@]2(CO)O[C@H](CO)[C@@H](O)[C@@H]2O)[C@H](O)[C@@H](O)[C@@H]1O.[H-].[Na+]. The largest absolute Gasteiger partial charge is 1.00 e. The molecule has 0 aromatic rings. The van der Waals surface area contributed by atoms with E-state index in [0.29, 0.717) is 6.42 Å². The van der Waals surface area contributed by atoms with Crippen LogP contribution in [0, 0.1) is 0 Å². The maximum absolute atomic E-state index is 11.6. The first kappa shape index (κ1) is 28.9. The fourth-order valence-corrected chi connectivity index (χ4v) is 3.11. The summed E-state index contributed by atoms with van der Waals surface area (Å²) in [4.78, 5) is 11.6. The Morgan fingerprint density at radius 3 is 2.23 bits per heavy atom. The first-order valence-electron chi connectivity index (χ1n) is 9.63. The smallest absolute Gasteiger partial charge is 1.00 e. The molecule has 0 aliphatic carbocycles. The van der Waals surface area contributed by atoms with Gasteiger partial charge in [-0.25, -0.2) is 4.79 Å². The molecule has 31 heavy (non-hydrogen) atoms. The van der Waals surface area contributed by atoms with Gasteiger partial charge in [-0.1, -0.05) is 13.3 Å². The fourth-order valence-electron chi connectivity index (χ4n) is 3.11. The van der Waals surface area contributed by atoms with Crippen LogP contribution >= 0.6 is 0 Å². The van der Waals surface area contributed by atoms with Gasteiger partial charge in [-0.05, 0) is 6.42 Å². The zero-order valence-electron chi connectivity index (χ0n) is 18.4. The van der Waals surface area contributed by atoms with Crippen molar-refractivity contribution in [3.8, 4) is 0 Å². The summed E-state index contributed by atoms with van der Waals surface area (Å²) in [6, 6.07) is 0. The van der Waals surface area contributed by atoms with Crippen molar-refractivity contribution in [1.29, 1.82) is 0 Å². The average molecular weight is 466 g/mol. The number of rotatable bonds is 9. The second kappa shape index (κ2) is 12.9. The van der Waals surface area contributed by atoms with Crippen molar-refractivity contribution in [1.82, 2.24) is 0 Å². The number of aliphatic hydroxyl groups is 7. The van der Waals surface area contributed by atoms with Gasteiger partial charge in [0.05, 0.1) is 13.2 Å². The number of hydrogen-bond donors (Lipinski definition) is 7. The molecule has 0 spiro atoms. The van der Waals surface area contributed by atoms with Crippen LogP contribution in [0.5, 0.6) is 0 Å². The third-order valence-corrected chi connectivity index (χ3v) is 4.97. The van der Waals surface area contributed by atoms with Crippen LogP contribution in [-0.2, 0) is 23.7 Å². The summed E-state index contributed by atoms with van der Waals surface area (Å²) in [6.07, 6.45) is -12.8. The standard InChI is InChI=1S/C17H30O13.Na.H/c1-2-3-4-26-16(25)27-6-9-10(20)12(22)13(23)15(28-9)30-17(7-19)14(24)11(21)8(5-18)29-17;;/h8-15,18-24H,2-7H2,1H3;;/q;+1;-1/t8-,9-,10-,11-,12+,13-,14+,15-,17+;;/m1../s1. The number of carbonyl (C=O) groups is 1. The molecule has 7 N–H and O–H groups in total. The second-order valence-corrected chi connectivity index (χ2v) is 7.14. The van der Waals surface area contributed by atoms with E-state index in [1.807, 2.05) is 6.92 Å². The topological polar surface area (TPSA) is 205 Å². The van der Waals surface area contributed by atoms with Gasteiger partial charge < -0.3 is 60.9 Å². The molecule has 14 heteroatoms. The summed E-state index contributed by atoms with van der Waals surface area (Å²) in [5.74, 6) is -2.29.